The Balaban J connectivity index is 1.92. The minimum atomic E-state index is -0.344. The number of nitrogens with one attached hydrogen (secondary N) is 1. The molecule has 1 aromatic carbocycles. The molecule has 0 unspecified atom stereocenters. The molecule has 1 saturated heterocycles. The number of anilines is 1. The van der Waals surface area contributed by atoms with Gasteiger partial charge in [-0.1, -0.05) is 6.92 Å². The molecular formula is C23H30N4O2. The molecule has 2 heterocycles. The molecule has 1 aliphatic rings. The number of amides is 3. The van der Waals surface area contributed by atoms with Crippen LogP contribution in [-0.2, 0) is 4.79 Å². The van der Waals surface area contributed by atoms with Gasteiger partial charge in [-0.3, -0.25) is 9.69 Å². The van der Waals surface area contributed by atoms with Crippen molar-refractivity contribution in [2.45, 2.75) is 41.0 Å². The molecule has 0 atom stereocenters. The van der Waals surface area contributed by atoms with Crippen LogP contribution in [0.3, 0.4) is 0 Å². The molecule has 6 heteroatoms. The Labute approximate surface area is 172 Å². The molecule has 1 aliphatic heterocycles. The Morgan fingerprint density at radius 1 is 1.03 bits per heavy atom. The van der Waals surface area contributed by atoms with Crippen LogP contribution in [0.25, 0.3) is 11.8 Å². The first kappa shape index (κ1) is 20.7. The molecule has 3 rings (SSSR count). The van der Waals surface area contributed by atoms with Crippen LogP contribution in [0.4, 0.5) is 10.5 Å². The van der Waals surface area contributed by atoms with E-state index < -0.39 is 0 Å². The Morgan fingerprint density at radius 2 is 1.69 bits per heavy atom. The number of nitrogens with zero attached hydrogens (tertiary/aromatic N) is 3. The van der Waals surface area contributed by atoms with Gasteiger partial charge in [0.25, 0.3) is 5.91 Å². The van der Waals surface area contributed by atoms with Crippen LogP contribution in [-0.4, -0.2) is 41.0 Å². The Hall–Kier alpha value is -3.02. The number of carbonyl (C=O) groups excluding carboxylic acids is 2. The van der Waals surface area contributed by atoms with Gasteiger partial charge in [0.05, 0.1) is 0 Å². The molecule has 0 aliphatic carbocycles. The van der Waals surface area contributed by atoms with Crippen LogP contribution in [0.5, 0.6) is 0 Å². The summed E-state index contributed by atoms with van der Waals surface area (Å²) < 4.78 is 2.17. The molecular weight excluding hydrogens is 364 g/mol. The largest absolute Gasteiger partial charge is 0.372 e. The van der Waals surface area contributed by atoms with E-state index >= 15 is 0 Å². The first-order chi connectivity index (χ1) is 13.9. The van der Waals surface area contributed by atoms with E-state index in [0.29, 0.717) is 12.2 Å². The highest BCUT2D eigenvalue weighted by atomic mass is 16.2. The van der Waals surface area contributed by atoms with Gasteiger partial charge < -0.3 is 14.8 Å². The highest BCUT2D eigenvalue weighted by Gasteiger charge is 2.32. The van der Waals surface area contributed by atoms with Crippen molar-refractivity contribution in [3.63, 3.8) is 0 Å². The number of aryl methyl sites for hydroxylation is 1. The monoisotopic (exact) mass is 394 g/mol. The molecule has 0 saturated carbocycles. The molecule has 1 fully saturated rings. The average molecular weight is 395 g/mol. The van der Waals surface area contributed by atoms with Crippen LogP contribution in [0.2, 0.25) is 0 Å². The molecule has 2 aromatic rings. The van der Waals surface area contributed by atoms with Crippen molar-refractivity contribution in [2.75, 3.05) is 24.5 Å². The molecule has 0 radical (unpaired) electrons. The fourth-order valence-electron chi connectivity index (χ4n) is 3.89. The average Bonchev–Trinajstić information content (AvgIpc) is 3.13. The van der Waals surface area contributed by atoms with E-state index in [1.165, 1.54) is 10.6 Å². The second-order valence-electron chi connectivity index (χ2n) is 7.30. The summed E-state index contributed by atoms with van der Waals surface area (Å²) in [6.07, 6.45) is 2.52. The van der Waals surface area contributed by atoms with Gasteiger partial charge >= 0.3 is 6.03 Å². The van der Waals surface area contributed by atoms with Crippen molar-refractivity contribution < 1.29 is 9.59 Å². The number of carbonyl (C=O) groups is 2. The first-order valence-electron chi connectivity index (χ1n) is 10.3. The van der Waals surface area contributed by atoms with Crippen molar-refractivity contribution in [1.82, 2.24) is 14.8 Å². The van der Waals surface area contributed by atoms with Crippen molar-refractivity contribution in [2.24, 2.45) is 0 Å². The summed E-state index contributed by atoms with van der Waals surface area (Å²) in [6, 6.07) is 10.2. The Kier molecular flexibility index (Phi) is 6.11. The number of rotatable bonds is 7. The molecule has 0 bridgehead atoms. The highest BCUT2D eigenvalue weighted by Crippen LogP contribution is 2.25. The van der Waals surface area contributed by atoms with Gasteiger partial charge in [0.1, 0.15) is 5.70 Å². The van der Waals surface area contributed by atoms with Gasteiger partial charge in [-0.25, -0.2) is 4.79 Å². The van der Waals surface area contributed by atoms with Gasteiger partial charge in [0, 0.05) is 42.4 Å². The normalized spacial score (nSPS) is 15.3. The Bertz CT molecular complexity index is 937. The van der Waals surface area contributed by atoms with Crippen molar-refractivity contribution in [3.8, 4) is 5.69 Å². The summed E-state index contributed by atoms with van der Waals surface area (Å²) in [7, 11) is 0. The van der Waals surface area contributed by atoms with E-state index in [4.69, 9.17) is 0 Å². The van der Waals surface area contributed by atoms with Gasteiger partial charge in [-0.05, 0) is 76.1 Å². The van der Waals surface area contributed by atoms with E-state index in [1.807, 2.05) is 26.8 Å². The lowest BCUT2D eigenvalue weighted by atomic mass is 10.2. The summed E-state index contributed by atoms with van der Waals surface area (Å²) in [5, 5.41) is 2.70. The predicted octanol–water partition coefficient (Wildman–Crippen LogP) is 4.24. The quantitative estimate of drug-likeness (QED) is 0.564. The van der Waals surface area contributed by atoms with Gasteiger partial charge in [-0.2, -0.15) is 0 Å². The van der Waals surface area contributed by atoms with E-state index in [1.54, 1.807) is 6.08 Å². The van der Waals surface area contributed by atoms with Crippen LogP contribution in [0, 0.1) is 13.8 Å². The van der Waals surface area contributed by atoms with Crippen LogP contribution in [0.1, 0.15) is 44.1 Å². The van der Waals surface area contributed by atoms with Gasteiger partial charge in [-0.15, -0.1) is 0 Å². The summed E-state index contributed by atoms with van der Waals surface area (Å²) in [5.74, 6) is -0.259. The summed E-state index contributed by atoms with van der Waals surface area (Å²) >= 11 is 0. The zero-order valence-corrected chi connectivity index (χ0v) is 18.0. The minimum Gasteiger partial charge on any atom is -0.372 e. The lowest BCUT2D eigenvalue weighted by Gasteiger charge is -2.21. The number of imide groups is 1. The number of benzene rings is 1. The number of aromatic nitrogens is 1. The van der Waals surface area contributed by atoms with Crippen molar-refractivity contribution >= 4 is 23.7 Å². The maximum absolute atomic E-state index is 12.5. The molecule has 3 amide bonds. The molecule has 1 N–H and O–H groups in total. The third kappa shape index (κ3) is 3.92. The highest BCUT2D eigenvalue weighted by molar-refractivity contribution is 6.14. The standard InChI is InChI=1S/C23H30N4O2/c1-6-13-26-22(28)21(24-23(26)29)15-18-14-16(4)27(17(18)5)20-11-9-19(10-12-20)25(7-2)8-3/h9-12,14-15H,6-8,13H2,1-5H3,(H,24,29)/b21-15+. The second kappa shape index (κ2) is 8.55. The molecule has 29 heavy (non-hydrogen) atoms. The van der Waals surface area contributed by atoms with Gasteiger partial charge in [0.15, 0.2) is 0 Å². The fraction of sp³-hybridized carbons (Fsp3) is 0.391. The predicted molar refractivity (Wildman–Crippen MR) is 117 cm³/mol. The van der Waals surface area contributed by atoms with E-state index in [-0.39, 0.29) is 11.9 Å². The first-order valence-corrected chi connectivity index (χ1v) is 10.3. The Morgan fingerprint density at radius 3 is 2.28 bits per heavy atom. The van der Waals surface area contributed by atoms with Gasteiger partial charge in [0.2, 0.25) is 0 Å². The second-order valence-corrected chi connectivity index (χ2v) is 7.30. The molecule has 6 nitrogen and oxygen atoms in total. The zero-order chi connectivity index (χ0) is 21.1. The zero-order valence-electron chi connectivity index (χ0n) is 18.0. The van der Waals surface area contributed by atoms with E-state index in [0.717, 1.165) is 42.1 Å². The maximum atomic E-state index is 12.5. The summed E-state index contributed by atoms with van der Waals surface area (Å²) in [5.41, 5.74) is 5.65. The molecule has 154 valence electrons. The number of hydrogen-bond acceptors (Lipinski definition) is 3. The van der Waals surface area contributed by atoms with Crippen LogP contribution < -0.4 is 10.2 Å². The van der Waals surface area contributed by atoms with E-state index in [2.05, 4.69) is 52.9 Å². The number of urea groups is 1. The van der Waals surface area contributed by atoms with Crippen molar-refractivity contribution in [1.29, 1.82) is 0 Å². The number of hydrogen-bond donors (Lipinski definition) is 1. The van der Waals surface area contributed by atoms with Crippen LogP contribution >= 0.6 is 0 Å². The maximum Gasteiger partial charge on any atom is 0.329 e. The molecule has 1 aromatic heterocycles. The van der Waals surface area contributed by atoms with Crippen LogP contribution in [0.15, 0.2) is 36.0 Å². The fourth-order valence-corrected chi connectivity index (χ4v) is 3.89. The topological polar surface area (TPSA) is 57.6 Å². The summed E-state index contributed by atoms with van der Waals surface area (Å²) in [6.45, 7) is 12.7. The minimum absolute atomic E-state index is 0.259. The van der Waals surface area contributed by atoms with Crippen molar-refractivity contribution in [3.05, 3.63) is 53.0 Å². The lowest BCUT2D eigenvalue weighted by molar-refractivity contribution is -0.122. The third-order valence-electron chi connectivity index (χ3n) is 5.42. The smallest absolute Gasteiger partial charge is 0.329 e. The third-order valence-corrected chi connectivity index (χ3v) is 5.42. The lowest BCUT2D eigenvalue weighted by Crippen LogP contribution is -2.31. The summed E-state index contributed by atoms with van der Waals surface area (Å²) in [4.78, 5) is 28.1. The SMILES string of the molecule is CCCN1C(=O)N/C(=C/c2cc(C)n(-c3ccc(N(CC)CC)cc3)c2C)C1=O. The van der Waals surface area contributed by atoms with E-state index in [9.17, 15) is 9.59 Å². The molecule has 0 spiro atoms.